The first-order valence-electron chi connectivity index (χ1n) is 14.4. The Bertz CT molecular complexity index is 1750. The first-order chi connectivity index (χ1) is 20.2. The lowest BCUT2D eigenvalue weighted by Gasteiger charge is -2.19. The lowest BCUT2D eigenvalue weighted by Crippen LogP contribution is -2.30. The number of pyridine rings is 1. The fraction of sp³-hybridized carbons (Fsp3) is 0.303. The Morgan fingerprint density at radius 3 is 2.02 bits per heavy atom. The maximum atomic E-state index is 13.8. The molecule has 216 valence electrons. The van der Waals surface area contributed by atoms with Gasteiger partial charge in [0.1, 0.15) is 0 Å². The number of nitrogens with zero attached hydrogens (tertiary/aromatic N) is 1. The monoisotopic (exact) mass is 582 g/mol. The molecule has 8 nitrogen and oxygen atoms in total. The van der Waals surface area contributed by atoms with Gasteiger partial charge in [-0.3, -0.25) is 14.6 Å². The third-order valence-electron chi connectivity index (χ3n) is 7.92. The van der Waals surface area contributed by atoms with Gasteiger partial charge >= 0.3 is 0 Å². The molecule has 1 fully saturated rings. The molecule has 1 heterocycles. The number of sulfonamides is 1. The number of hydrogen-bond donors (Lipinski definition) is 3. The van der Waals surface area contributed by atoms with E-state index in [2.05, 4.69) is 15.4 Å². The molecule has 1 saturated carbocycles. The Hall–Kier alpha value is -4.08. The summed E-state index contributed by atoms with van der Waals surface area (Å²) in [6.07, 6.45) is 4.17. The van der Waals surface area contributed by atoms with Gasteiger partial charge in [0.25, 0.3) is 11.8 Å². The van der Waals surface area contributed by atoms with Crippen molar-refractivity contribution in [1.29, 1.82) is 0 Å². The Labute approximate surface area is 246 Å². The fourth-order valence-electron chi connectivity index (χ4n) is 5.61. The number of fused-ring (bicyclic) bond motifs is 3. The van der Waals surface area contributed by atoms with Gasteiger partial charge in [-0.15, -0.1) is 0 Å². The van der Waals surface area contributed by atoms with Crippen molar-refractivity contribution in [3.05, 3.63) is 107 Å². The van der Waals surface area contributed by atoms with Gasteiger partial charge in [-0.2, -0.15) is 0 Å². The van der Waals surface area contributed by atoms with Crippen molar-refractivity contribution in [3.63, 3.8) is 0 Å². The predicted octanol–water partition coefficient (Wildman–Crippen LogP) is 5.39. The van der Waals surface area contributed by atoms with Gasteiger partial charge in [0.2, 0.25) is 10.0 Å². The average Bonchev–Trinajstić information content (AvgIpc) is 3.79. The first-order valence-corrected chi connectivity index (χ1v) is 15.9. The van der Waals surface area contributed by atoms with Crippen LogP contribution in [0.15, 0.2) is 83.9 Å². The largest absolute Gasteiger partial charge is 0.345 e. The van der Waals surface area contributed by atoms with E-state index < -0.39 is 22.1 Å². The van der Waals surface area contributed by atoms with Crippen molar-refractivity contribution in [2.75, 3.05) is 6.54 Å². The van der Waals surface area contributed by atoms with Crippen molar-refractivity contribution >= 4 is 32.6 Å². The molecule has 2 unspecified atom stereocenters. The smallest absolute Gasteiger partial charge is 0.251 e. The van der Waals surface area contributed by atoms with E-state index in [-0.39, 0.29) is 22.6 Å². The summed E-state index contributed by atoms with van der Waals surface area (Å²) in [7, 11) is -3.89. The van der Waals surface area contributed by atoms with Crippen LogP contribution in [0.25, 0.3) is 10.8 Å². The van der Waals surface area contributed by atoms with Gasteiger partial charge < -0.3 is 10.6 Å². The summed E-state index contributed by atoms with van der Waals surface area (Å²) in [5, 5.41) is 7.50. The van der Waals surface area contributed by atoms with E-state index in [1.807, 2.05) is 32.0 Å². The molecule has 6 rings (SSSR count). The fourth-order valence-corrected chi connectivity index (χ4v) is 7.06. The molecule has 3 N–H and O–H groups in total. The van der Waals surface area contributed by atoms with Crippen LogP contribution in [-0.2, 0) is 10.0 Å². The molecule has 0 bridgehead atoms. The maximum absolute atomic E-state index is 13.8. The van der Waals surface area contributed by atoms with Gasteiger partial charge in [0, 0.05) is 46.3 Å². The third kappa shape index (κ3) is 5.67. The number of aromatic nitrogens is 1. The zero-order valence-electron chi connectivity index (χ0n) is 23.6. The van der Waals surface area contributed by atoms with Crippen LogP contribution in [-0.4, -0.2) is 31.8 Å². The number of amides is 2. The van der Waals surface area contributed by atoms with E-state index in [1.165, 1.54) is 0 Å². The maximum Gasteiger partial charge on any atom is 0.251 e. The lowest BCUT2D eigenvalue weighted by atomic mass is 9.98. The van der Waals surface area contributed by atoms with E-state index in [1.54, 1.807) is 60.8 Å². The topological polar surface area (TPSA) is 117 Å². The van der Waals surface area contributed by atoms with E-state index in [0.717, 1.165) is 24.1 Å². The molecule has 2 amide bonds. The lowest BCUT2D eigenvalue weighted by molar-refractivity contribution is 0.0928. The van der Waals surface area contributed by atoms with Crippen LogP contribution in [0.4, 0.5) is 0 Å². The molecule has 0 spiro atoms. The van der Waals surface area contributed by atoms with Crippen molar-refractivity contribution in [3.8, 4) is 0 Å². The summed E-state index contributed by atoms with van der Waals surface area (Å²) in [6, 6.07) is 20.4. The predicted molar refractivity (Wildman–Crippen MR) is 162 cm³/mol. The van der Waals surface area contributed by atoms with Gasteiger partial charge in [0.15, 0.2) is 0 Å². The second-order valence-corrected chi connectivity index (χ2v) is 13.3. The van der Waals surface area contributed by atoms with Gasteiger partial charge in [-0.05, 0) is 72.7 Å². The highest BCUT2D eigenvalue weighted by Crippen LogP contribution is 2.47. The van der Waals surface area contributed by atoms with E-state index >= 15 is 0 Å². The number of nitrogens with one attached hydrogen (secondary N) is 3. The molecule has 0 saturated heterocycles. The zero-order chi connectivity index (χ0) is 29.4. The highest BCUT2D eigenvalue weighted by Gasteiger charge is 2.38. The Balaban J connectivity index is 1.48. The minimum absolute atomic E-state index is 0.125. The molecular weight excluding hydrogens is 548 g/mol. The minimum atomic E-state index is -3.89. The molecule has 2 aliphatic carbocycles. The summed E-state index contributed by atoms with van der Waals surface area (Å²) in [5.74, 6) is -0.0632. The minimum Gasteiger partial charge on any atom is -0.345 e. The van der Waals surface area contributed by atoms with E-state index in [4.69, 9.17) is 4.98 Å². The van der Waals surface area contributed by atoms with Crippen molar-refractivity contribution < 1.29 is 18.0 Å². The van der Waals surface area contributed by atoms with Crippen LogP contribution in [0.3, 0.4) is 0 Å². The highest BCUT2D eigenvalue weighted by molar-refractivity contribution is 7.89. The number of rotatable bonds is 9. The number of benzene rings is 3. The molecule has 9 heteroatoms. The van der Waals surface area contributed by atoms with Gasteiger partial charge in [-0.1, -0.05) is 50.2 Å². The number of hydrogen-bond acceptors (Lipinski definition) is 5. The van der Waals surface area contributed by atoms with Gasteiger partial charge in [0.05, 0.1) is 17.0 Å². The zero-order valence-corrected chi connectivity index (χ0v) is 24.4. The second kappa shape index (κ2) is 11.3. The van der Waals surface area contributed by atoms with E-state index in [0.29, 0.717) is 46.3 Å². The quantitative estimate of drug-likeness (QED) is 0.245. The average molecular weight is 583 g/mol. The van der Waals surface area contributed by atoms with Gasteiger partial charge in [-0.25, -0.2) is 13.1 Å². The van der Waals surface area contributed by atoms with Crippen LogP contribution < -0.4 is 15.4 Å². The van der Waals surface area contributed by atoms with Crippen LogP contribution in [0, 0.1) is 5.92 Å². The van der Waals surface area contributed by atoms with E-state index in [9.17, 15) is 18.0 Å². The first kappa shape index (κ1) is 28.1. The standard InChI is InChI=1S/C33H34N4O4S/c1-20(2)18-35-42(40,41)30-16-25-28(36-32(38)22-9-5-3-6-10-22)17-29(37-33(39)23-11-7-4-8-12-23)31(25)26-19-34-27(15-24(26)30)21-13-14-21/h3-12,15-16,19-21,28-29,35H,13-14,17-18H2,1-2H3,(H,36,38)(H,37,39). The van der Waals surface area contributed by atoms with Crippen LogP contribution in [0.1, 0.15) is 88.6 Å². The Morgan fingerprint density at radius 2 is 1.45 bits per heavy atom. The number of carbonyl (C=O) groups is 2. The summed E-state index contributed by atoms with van der Waals surface area (Å²) in [6.45, 7) is 4.20. The molecule has 3 aromatic carbocycles. The molecular formula is C33H34N4O4S. The summed E-state index contributed by atoms with van der Waals surface area (Å²) >= 11 is 0. The summed E-state index contributed by atoms with van der Waals surface area (Å²) < 4.78 is 30.3. The van der Waals surface area contributed by atoms with Crippen LogP contribution in [0.2, 0.25) is 0 Å². The van der Waals surface area contributed by atoms with Crippen LogP contribution >= 0.6 is 0 Å². The molecule has 2 atom stereocenters. The summed E-state index contributed by atoms with van der Waals surface area (Å²) in [4.78, 5) is 31.5. The third-order valence-corrected chi connectivity index (χ3v) is 9.39. The van der Waals surface area contributed by atoms with Crippen LogP contribution in [0.5, 0.6) is 0 Å². The number of carbonyl (C=O) groups excluding carboxylic acids is 2. The molecule has 2 aliphatic rings. The Kier molecular flexibility index (Phi) is 7.55. The Morgan fingerprint density at radius 1 is 0.857 bits per heavy atom. The van der Waals surface area contributed by atoms with Crippen molar-refractivity contribution in [2.45, 2.75) is 56.0 Å². The second-order valence-electron chi connectivity index (χ2n) is 11.6. The molecule has 0 aliphatic heterocycles. The normalized spacial score (nSPS) is 18.2. The van der Waals surface area contributed by atoms with Crippen molar-refractivity contribution in [1.82, 2.24) is 20.3 Å². The molecule has 42 heavy (non-hydrogen) atoms. The molecule has 0 radical (unpaired) electrons. The summed E-state index contributed by atoms with van der Waals surface area (Å²) in [5.41, 5.74) is 3.34. The van der Waals surface area contributed by atoms with Crippen molar-refractivity contribution in [2.24, 2.45) is 5.92 Å². The highest BCUT2D eigenvalue weighted by atomic mass is 32.2. The molecule has 4 aromatic rings. The SMILES string of the molecule is CC(C)CNS(=O)(=O)c1cc2c(c3cnc(C4CC4)cc13)C(NC(=O)c1ccccc1)CC2NC(=O)c1ccccc1. The molecule has 1 aromatic heterocycles.